The second-order valence-electron chi connectivity index (χ2n) is 3.40. The Kier molecular flexibility index (Phi) is 4.37. The maximum Gasteiger partial charge on any atom is 0.196 e. The zero-order valence-corrected chi connectivity index (χ0v) is 9.19. The van der Waals surface area contributed by atoms with E-state index in [1.54, 1.807) is 12.1 Å². The molecule has 1 rings (SSSR count). The molecular formula is C11H17NO3. The third-order valence-corrected chi connectivity index (χ3v) is 2.11. The fourth-order valence-electron chi connectivity index (χ4n) is 1.41. The lowest BCUT2D eigenvalue weighted by Gasteiger charge is -2.19. The van der Waals surface area contributed by atoms with Crippen LogP contribution in [0.3, 0.4) is 0 Å². The van der Waals surface area contributed by atoms with Crippen LogP contribution in [0.2, 0.25) is 0 Å². The highest BCUT2D eigenvalue weighted by molar-refractivity contribution is 5.91. The highest BCUT2D eigenvalue weighted by Crippen LogP contribution is 2.18. The summed E-state index contributed by atoms with van der Waals surface area (Å²) >= 11 is 0. The molecule has 0 fully saturated rings. The molecule has 4 nitrogen and oxygen atoms in total. The molecule has 1 aromatic heterocycles. The topological polar surface area (TPSA) is 53.7 Å². The number of carbonyl (C=O) groups is 1. The van der Waals surface area contributed by atoms with Crippen molar-refractivity contribution in [3.05, 3.63) is 17.9 Å². The van der Waals surface area contributed by atoms with E-state index in [0.29, 0.717) is 18.2 Å². The number of furan rings is 1. The largest absolute Gasteiger partial charge is 0.437 e. The van der Waals surface area contributed by atoms with E-state index in [0.717, 1.165) is 13.0 Å². The Labute approximate surface area is 89.5 Å². The van der Waals surface area contributed by atoms with Crippen molar-refractivity contribution in [3.63, 3.8) is 0 Å². The number of carbonyl (C=O) groups excluding carboxylic acids is 1. The number of rotatable bonds is 6. The number of anilines is 1. The van der Waals surface area contributed by atoms with E-state index in [9.17, 15) is 4.79 Å². The van der Waals surface area contributed by atoms with Crippen LogP contribution < -0.4 is 4.90 Å². The van der Waals surface area contributed by atoms with Gasteiger partial charge in [0.2, 0.25) is 0 Å². The number of hydrogen-bond acceptors (Lipinski definition) is 4. The van der Waals surface area contributed by atoms with Crippen LogP contribution in [0.15, 0.2) is 16.5 Å². The second kappa shape index (κ2) is 5.56. The van der Waals surface area contributed by atoms with Gasteiger partial charge in [-0.2, -0.15) is 0 Å². The van der Waals surface area contributed by atoms with Gasteiger partial charge in [-0.15, -0.1) is 0 Å². The van der Waals surface area contributed by atoms with E-state index in [2.05, 4.69) is 6.92 Å². The summed E-state index contributed by atoms with van der Waals surface area (Å²) in [5, 5.41) is 8.89. The molecule has 4 heteroatoms. The van der Waals surface area contributed by atoms with Crippen molar-refractivity contribution in [2.75, 3.05) is 24.6 Å². The molecule has 0 aliphatic rings. The van der Waals surface area contributed by atoms with Gasteiger partial charge >= 0.3 is 0 Å². The van der Waals surface area contributed by atoms with E-state index in [4.69, 9.17) is 9.52 Å². The third kappa shape index (κ3) is 3.09. The first-order chi connectivity index (χ1) is 7.19. The summed E-state index contributed by atoms with van der Waals surface area (Å²) in [5.41, 5.74) is 0. The van der Waals surface area contributed by atoms with E-state index >= 15 is 0 Å². The first-order valence-corrected chi connectivity index (χ1v) is 5.15. The van der Waals surface area contributed by atoms with Crippen molar-refractivity contribution in [2.24, 2.45) is 0 Å². The molecule has 1 aromatic rings. The molecule has 0 atom stereocenters. The summed E-state index contributed by atoms with van der Waals surface area (Å²) in [4.78, 5) is 13.0. The second-order valence-corrected chi connectivity index (χ2v) is 3.40. The van der Waals surface area contributed by atoms with E-state index in [1.807, 2.05) is 4.90 Å². The maximum atomic E-state index is 11.0. The summed E-state index contributed by atoms with van der Waals surface area (Å²) in [6.07, 6.45) is 0.968. The number of hydrogen-bond donors (Lipinski definition) is 1. The van der Waals surface area contributed by atoms with Crippen LogP contribution in [-0.2, 0) is 0 Å². The van der Waals surface area contributed by atoms with E-state index < -0.39 is 0 Å². The lowest BCUT2D eigenvalue weighted by molar-refractivity contribution is 0.0987. The lowest BCUT2D eigenvalue weighted by Crippen LogP contribution is -2.26. The van der Waals surface area contributed by atoms with Crippen LogP contribution in [0.1, 0.15) is 30.8 Å². The lowest BCUT2D eigenvalue weighted by atomic mass is 10.3. The monoisotopic (exact) mass is 211 g/mol. The summed E-state index contributed by atoms with van der Waals surface area (Å²) in [7, 11) is 0. The molecule has 0 bridgehead atoms. The van der Waals surface area contributed by atoms with Crippen LogP contribution in [0.5, 0.6) is 0 Å². The van der Waals surface area contributed by atoms with Crippen molar-refractivity contribution in [2.45, 2.75) is 20.3 Å². The predicted octanol–water partition coefficient (Wildman–Crippen LogP) is 1.69. The first-order valence-electron chi connectivity index (χ1n) is 5.15. The smallest absolute Gasteiger partial charge is 0.196 e. The number of ketones is 1. The Morgan fingerprint density at radius 1 is 1.47 bits per heavy atom. The van der Waals surface area contributed by atoms with Gasteiger partial charge in [0.05, 0.1) is 6.61 Å². The van der Waals surface area contributed by atoms with Crippen molar-refractivity contribution in [3.8, 4) is 0 Å². The van der Waals surface area contributed by atoms with Crippen molar-refractivity contribution in [1.82, 2.24) is 0 Å². The SMILES string of the molecule is CCCN(CCO)c1ccc(C(C)=O)o1. The number of aliphatic hydroxyl groups excluding tert-OH is 1. The molecule has 15 heavy (non-hydrogen) atoms. The first kappa shape index (κ1) is 11.8. The van der Waals surface area contributed by atoms with Gasteiger partial charge in [-0.25, -0.2) is 0 Å². The van der Waals surface area contributed by atoms with Crippen LogP contribution in [0.25, 0.3) is 0 Å². The molecule has 1 N–H and O–H groups in total. The predicted molar refractivity (Wildman–Crippen MR) is 58.3 cm³/mol. The Balaban J connectivity index is 2.76. The van der Waals surface area contributed by atoms with Gasteiger partial charge in [-0.05, 0) is 12.5 Å². The average Bonchev–Trinajstić information content (AvgIpc) is 2.66. The molecule has 0 saturated carbocycles. The van der Waals surface area contributed by atoms with Crippen molar-refractivity contribution >= 4 is 11.7 Å². The molecule has 0 unspecified atom stereocenters. The molecule has 84 valence electrons. The summed E-state index contributed by atoms with van der Waals surface area (Å²) in [6.45, 7) is 4.94. The molecular weight excluding hydrogens is 194 g/mol. The molecule has 0 aliphatic heterocycles. The molecule has 0 amide bonds. The molecule has 1 heterocycles. The van der Waals surface area contributed by atoms with Gasteiger partial charge in [0.25, 0.3) is 0 Å². The van der Waals surface area contributed by atoms with E-state index in [-0.39, 0.29) is 12.4 Å². The summed E-state index contributed by atoms with van der Waals surface area (Å²) in [5.74, 6) is 0.932. The minimum absolute atomic E-state index is 0.0795. The Morgan fingerprint density at radius 3 is 2.67 bits per heavy atom. The minimum atomic E-state index is -0.0818. The average molecular weight is 211 g/mol. The van der Waals surface area contributed by atoms with Gasteiger partial charge in [-0.1, -0.05) is 6.92 Å². The normalized spacial score (nSPS) is 10.3. The van der Waals surface area contributed by atoms with Crippen LogP contribution >= 0.6 is 0 Å². The molecule has 0 radical (unpaired) electrons. The van der Waals surface area contributed by atoms with Crippen molar-refractivity contribution < 1.29 is 14.3 Å². The number of nitrogens with zero attached hydrogens (tertiary/aromatic N) is 1. The van der Waals surface area contributed by atoms with Gasteiger partial charge in [0.15, 0.2) is 17.4 Å². The molecule has 0 aromatic carbocycles. The Hall–Kier alpha value is -1.29. The molecule has 0 aliphatic carbocycles. The Morgan fingerprint density at radius 2 is 2.20 bits per heavy atom. The highest BCUT2D eigenvalue weighted by atomic mass is 16.4. The number of aliphatic hydroxyl groups is 1. The van der Waals surface area contributed by atoms with Crippen LogP contribution in [0, 0.1) is 0 Å². The summed E-state index contributed by atoms with van der Waals surface area (Å²) in [6, 6.07) is 3.43. The fourth-order valence-corrected chi connectivity index (χ4v) is 1.41. The standard InChI is InChI=1S/C11H17NO3/c1-3-6-12(7-8-13)11-5-4-10(15-11)9(2)14/h4-5,13H,3,6-8H2,1-2H3. The zero-order valence-electron chi connectivity index (χ0n) is 9.19. The quantitative estimate of drug-likeness (QED) is 0.727. The van der Waals surface area contributed by atoms with Gasteiger partial charge < -0.3 is 14.4 Å². The Bertz CT molecular complexity index is 313. The summed E-state index contributed by atoms with van der Waals surface area (Å²) < 4.78 is 5.38. The molecule has 0 saturated heterocycles. The van der Waals surface area contributed by atoms with Crippen molar-refractivity contribution in [1.29, 1.82) is 0 Å². The molecule has 0 spiro atoms. The number of Topliss-reactive ketones (excluding diaryl/α,β-unsaturated/α-hetero) is 1. The highest BCUT2D eigenvalue weighted by Gasteiger charge is 2.11. The fraction of sp³-hybridized carbons (Fsp3) is 0.545. The zero-order chi connectivity index (χ0) is 11.3. The van der Waals surface area contributed by atoms with E-state index in [1.165, 1.54) is 6.92 Å². The third-order valence-electron chi connectivity index (χ3n) is 2.11. The minimum Gasteiger partial charge on any atom is -0.437 e. The van der Waals surface area contributed by atoms with Gasteiger partial charge in [0.1, 0.15) is 0 Å². The maximum absolute atomic E-state index is 11.0. The van der Waals surface area contributed by atoms with Crippen LogP contribution in [-0.4, -0.2) is 30.6 Å². The van der Waals surface area contributed by atoms with Gasteiger partial charge in [0, 0.05) is 26.1 Å². The van der Waals surface area contributed by atoms with Gasteiger partial charge in [-0.3, -0.25) is 4.79 Å². The van der Waals surface area contributed by atoms with Crippen LogP contribution in [0.4, 0.5) is 5.88 Å².